The second kappa shape index (κ2) is 22.0. The number of anilines is 2. The van der Waals surface area contributed by atoms with Crippen molar-refractivity contribution < 1.29 is 28.3 Å². The number of nitrogens with zero attached hydrogens (tertiary/aromatic N) is 3. The monoisotopic (exact) mass is 851 g/mol. The molecule has 0 unspecified atom stereocenters. The van der Waals surface area contributed by atoms with Gasteiger partial charge in [0.05, 0.1) is 26.4 Å². The highest BCUT2D eigenvalue weighted by Gasteiger charge is 2.42. The molecule has 8 heteroatoms. The van der Waals surface area contributed by atoms with Crippen molar-refractivity contribution in [3.63, 3.8) is 0 Å². The van der Waals surface area contributed by atoms with E-state index in [9.17, 15) is 0 Å². The van der Waals surface area contributed by atoms with Crippen LogP contribution in [0.15, 0.2) is 71.1 Å². The van der Waals surface area contributed by atoms with Crippen LogP contribution in [0, 0.1) is 0 Å². The topological polar surface area (TPSA) is 55.6 Å². The zero-order chi connectivity index (χ0) is 44.3. The third kappa shape index (κ3) is 10.3. The molecular formula is C54H80N3O5+. The quantitative estimate of drug-likeness (QED) is 0.0971. The summed E-state index contributed by atoms with van der Waals surface area (Å²) in [6.07, 6.45) is 21.4. The molecule has 3 aliphatic heterocycles. The van der Waals surface area contributed by atoms with E-state index >= 15 is 0 Å². The predicted octanol–water partition coefficient (Wildman–Crippen LogP) is 12.6. The standard InChI is InChI=1S/C54H80N3O5/c1-11-17-30-59-46-36-42-44(38-48(46)61-32-19-13-3)56(15-5)50(53(42,7)8)26-24-40-22-21-23-41(52(40)55-28-34-58-35-29-55)25-27-51-54(9,10)43-37-47(60-31-18-12-2)49(62-33-20-14-4)39-45(43)57(51)16-6/h24-27,36-39H,11-23,28-35H2,1-10H3/q+1. The van der Waals surface area contributed by atoms with Crippen LogP contribution in [0.2, 0.25) is 0 Å². The highest BCUT2D eigenvalue weighted by Crippen LogP contribution is 2.53. The second-order valence-corrected chi connectivity index (χ2v) is 18.5. The van der Waals surface area contributed by atoms with Gasteiger partial charge in [-0.2, -0.15) is 0 Å². The van der Waals surface area contributed by atoms with Crippen molar-refractivity contribution >= 4 is 17.1 Å². The number of hydrogen-bond donors (Lipinski definition) is 0. The van der Waals surface area contributed by atoms with E-state index in [4.69, 9.17) is 23.7 Å². The van der Waals surface area contributed by atoms with E-state index < -0.39 is 0 Å². The molecule has 0 spiro atoms. The minimum absolute atomic E-state index is 0.210. The Balaban J connectivity index is 1.38. The lowest BCUT2D eigenvalue weighted by Gasteiger charge is -2.27. The Hall–Kier alpha value is -4.17. The number of hydrogen-bond acceptors (Lipinski definition) is 7. The highest BCUT2D eigenvalue weighted by molar-refractivity contribution is 6.10. The van der Waals surface area contributed by atoms with Gasteiger partial charge in [-0.3, -0.25) is 0 Å². The average molecular weight is 851 g/mol. The van der Waals surface area contributed by atoms with Gasteiger partial charge in [0.1, 0.15) is 13.2 Å². The molecule has 2 aromatic rings. The van der Waals surface area contributed by atoms with Gasteiger partial charge in [0.15, 0.2) is 36.1 Å². The van der Waals surface area contributed by atoms with E-state index in [1.807, 2.05) is 0 Å². The van der Waals surface area contributed by atoms with Crippen molar-refractivity contribution in [1.29, 1.82) is 0 Å². The van der Waals surface area contributed by atoms with E-state index in [1.54, 1.807) is 0 Å². The summed E-state index contributed by atoms with van der Waals surface area (Å²) in [6.45, 7) is 30.7. The van der Waals surface area contributed by atoms with Crippen LogP contribution in [0.5, 0.6) is 23.0 Å². The zero-order valence-corrected chi connectivity index (χ0v) is 40.4. The van der Waals surface area contributed by atoms with E-state index in [-0.39, 0.29) is 10.8 Å². The summed E-state index contributed by atoms with van der Waals surface area (Å²) in [5, 5.41) is 0. The fourth-order valence-corrected chi connectivity index (χ4v) is 9.58. The summed E-state index contributed by atoms with van der Waals surface area (Å²) in [5.41, 5.74) is 11.5. The molecule has 3 heterocycles. The van der Waals surface area contributed by atoms with Crippen molar-refractivity contribution in [2.45, 2.75) is 151 Å². The highest BCUT2D eigenvalue weighted by atomic mass is 16.5. The molecule has 4 aliphatic rings. The first-order chi connectivity index (χ1) is 30.0. The van der Waals surface area contributed by atoms with E-state index in [2.05, 4.69) is 132 Å². The molecule has 62 heavy (non-hydrogen) atoms. The summed E-state index contributed by atoms with van der Waals surface area (Å²) in [7, 11) is 0. The number of allylic oxidation sites excluding steroid dienone is 8. The number of ether oxygens (including phenoxy) is 5. The van der Waals surface area contributed by atoms with E-state index in [0.29, 0.717) is 26.4 Å². The normalized spacial score (nSPS) is 20.7. The Kier molecular flexibility index (Phi) is 16.8. The molecule has 340 valence electrons. The van der Waals surface area contributed by atoms with Crippen LogP contribution in [0.3, 0.4) is 0 Å². The lowest BCUT2D eigenvalue weighted by molar-refractivity contribution is -0.548. The van der Waals surface area contributed by atoms with Crippen molar-refractivity contribution in [3.8, 4) is 23.0 Å². The maximum atomic E-state index is 6.41. The number of morpholine rings is 1. The largest absolute Gasteiger partial charge is 0.490 e. The molecule has 0 aromatic heterocycles. The first-order valence-electron chi connectivity index (χ1n) is 24.5. The van der Waals surface area contributed by atoms with Crippen molar-refractivity contribution in [2.75, 3.05) is 75.6 Å². The van der Waals surface area contributed by atoms with Gasteiger partial charge < -0.3 is 33.5 Å². The van der Waals surface area contributed by atoms with Gasteiger partial charge in [-0.15, -0.1) is 0 Å². The molecule has 8 nitrogen and oxygen atoms in total. The van der Waals surface area contributed by atoms with Crippen LogP contribution in [-0.4, -0.2) is 76.1 Å². The smallest absolute Gasteiger partial charge is 0.206 e. The van der Waals surface area contributed by atoms with Gasteiger partial charge in [-0.25, -0.2) is 4.58 Å². The molecular weight excluding hydrogens is 771 g/mol. The van der Waals surface area contributed by atoms with Gasteiger partial charge in [0.25, 0.3) is 0 Å². The van der Waals surface area contributed by atoms with Crippen LogP contribution in [0.4, 0.5) is 11.4 Å². The third-order valence-electron chi connectivity index (χ3n) is 13.3. The van der Waals surface area contributed by atoms with Crippen LogP contribution in [0.1, 0.15) is 151 Å². The average Bonchev–Trinajstić information content (AvgIpc) is 3.61. The van der Waals surface area contributed by atoms with Gasteiger partial charge in [0.2, 0.25) is 5.71 Å². The number of rotatable bonds is 20. The Bertz CT molecular complexity index is 1860. The SMILES string of the molecule is CCCCOc1cc2c(cc1OCCCC)C(C)(C)/C(=C/C=C1\CCC/C(=C\C=C3/N(CC)c4cc(OCCCC)c(OCCCC)cc4C3(C)C)C1=[N+]1CCOCC1)N2CC. The van der Waals surface area contributed by atoms with Gasteiger partial charge >= 0.3 is 0 Å². The molecule has 0 bridgehead atoms. The second-order valence-electron chi connectivity index (χ2n) is 18.5. The van der Waals surface area contributed by atoms with Crippen molar-refractivity contribution in [3.05, 3.63) is 82.2 Å². The Labute approximate surface area is 375 Å². The summed E-state index contributed by atoms with van der Waals surface area (Å²) < 4.78 is 34.1. The van der Waals surface area contributed by atoms with Crippen LogP contribution in [-0.2, 0) is 15.6 Å². The predicted molar refractivity (Wildman–Crippen MR) is 259 cm³/mol. The summed E-state index contributed by atoms with van der Waals surface area (Å²) in [4.78, 5) is 4.99. The summed E-state index contributed by atoms with van der Waals surface area (Å²) in [5.74, 6) is 3.46. The molecule has 0 N–H and O–H groups in total. The molecule has 1 saturated heterocycles. The van der Waals surface area contributed by atoms with Crippen molar-refractivity contribution in [1.82, 2.24) is 0 Å². The zero-order valence-electron chi connectivity index (χ0n) is 40.4. The van der Waals surface area contributed by atoms with Crippen LogP contribution in [0.25, 0.3) is 0 Å². The van der Waals surface area contributed by atoms with Gasteiger partial charge in [-0.1, -0.05) is 93.2 Å². The molecule has 1 aliphatic carbocycles. The molecule has 1 saturated carbocycles. The maximum absolute atomic E-state index is 6.41. The minimum Gasteiger partial charge on any atom is -0.490 e. The number of unbranched alkanes of at least 4 members (excludes halogenated alkanes) is 4. The molecule has 0 amide bonds. The molecule has 0 atom stereocenters. The fourth-order valence-electron chi connectivity index (χ4n) is 9.58. The number of fused-ring (bicyclic) bond motifs is 2. The molecule has 2 aromatic carbocycles. The van der Waals surface area contributed by atoms with Gasteiger partial charge in [-0.05, 0) is 94.2 Å². The Morgan fingerprint density at radius 1 is 0.548 bits per heavy atom. The number of benzene rings is 2. The molecule has 6 rings (SSSR count). The molecule has 2 fully saturated rings. The van der Waals surface area contributed by atoms with Crippen LogP contribution >= 0.6 is 0 Å². The maximum Gasteiger partial charge on any atom is 0.206 e. The Morgan fingerprint density at radius 2 is 0.919 bits per heavy atom. The minimum atomic E-state index is -0.210. The van der Waals surface area contributed by atoms with Gasteiger partial charge in [0, 0.05) is 70.0 Å². The first kappa shape index (κ1) is 47.3. The first-order valence-corrected chi connectivity index (χ1v) is 24.5. The Morgan fingerprint density at radius 3 is 1.27 bits per heavy atom. The molecule has 0 radical (unpaired) electrons. The van der Waals surface area contributed by atoms with E-state index in [0.717, 1.165) is 133 Å². The van der Waals surface area contributed by atoms with E-state index in [1.165, 1.54) is 50.8 Å². The lowest BCUT2D eigenvalue weighted by Crippen LogP contribution is -2.36. The fraction of sp³-hybridized carbons (Fsp3) is 0.611. The summed E-state index contributed by atoms with van der Waals surface area (Å²) in [6, 6.07) is 9.03. The lowest BCUT2D eigenvalue weighted by atomic mass is 9.82. The van der Waals surface area contributed by atoms with Crippen LogP contribution < -0.4 is 28.7 Å². The third-order valence-corrected chi connectivity index (χ3v) is 13.3. The number of likely N-dealkylation sites (N-methyl/N-ethyl adjacent to an activating group) is 2. The van der Waals surface area contributed by atoms with Crippen molar-refractivity contribution in [2.24, 2.45) is 0 Å². The summed E-state index contributed by atoms with van der Waals surface area (Å²) >= 11 is 0.